The first-order valence-corrected chi connectivity index (χ1v) is 32.1. The molecule has 0 amide bonds. The Morgan fingerprint density at radius 1 is 0.192 bits per heavy atom. The van der Waals surface area contributed by atoms with Gasteiger partial charge in [0.2, 0.25) is 0 Å². The summed E-state index contributed by atoms with van der Waals surface area (Å²) in [4.78, 5) is 43.1. The van der Waals surface area contributed by atoms with E-state index in [2.05, 4.69) is 0 Å². The largest absolute Gasteiger partial charge is 0.496 e. The first kappa shape index (κ1) is 61.0. The second-order valence-corrected chi connectivity index (χ2v) is 24.2. The quantitative estimate of drug-likeness (QED) is 0.157. The van der Waals surface area contributed by atoms with Gasteiger partial charge in [-0.25, -0.2) is 0 Å². The number of ether oxygens (including phenoxy) is 9. The van der Waals surface area contributed by atoms with E-state index in [4.69, 9.17) is 42.6 Å². The van der Waals surface area contributed by atoms with Gasteiger partial charge in [-0.2, -0.15) is 0 Å². The molecule has 0 fully saturated rings. The van der Waals surface area contributed by atoms with E-state index < -0.39 is 0 Å². The van der Waals surface area contributed by atoms with Gasteiger partial charge in [0.15, 0.2) is 17.3 Å². The monoisotopic (exact) mass is 1300 g/mol. The second-order valence-electron chi connectivity index (χ2n) is 24.2. The number of fused-ring (bicyclic) bond motifs is 3. The molecule has 15 aromatic rings. The van der Waals surface area contributed by atoms with Crippen LogP contribution in [0.15, 0.2) is 255 Å². The topological polar surface area (TPSA) is 134 Å². The molecule has 19 heterocycles. The molecule has 34 rings (SSSR count). The predicted molar refractivity (Wildman–Crippen MR) is 390 cm³/mol. The van der Waals surface area contributed by atoms with Crippen LogP contribution in [0.2, 0.25) is 0 Å². The second kappa shape index (κ2) is 25.0. The minimum atomic E-state index is -0.153. The van der Waals surface area contributed by atoms with Gasteiger partial charge in [-0.3, -0.25) is 14.4 Å². The molecule has 0 N–H and O–H groups in total. The minimum absolute atomic E-state index is 0.153. The lowest BCUT2D eigenvalue weighted by molar-refractivity contribution is 0.103. The molecule has 0 aliphatic carbocycles. The Labute approximate surface area is 569 Å². The third-order valence-electron chi connectivity index (χ3n) is 18.7. The van der Waals surface area contributed by atoms with E-state index in [0.717, 1.165) is 98.0 Å². The lowest BCUT2D eigenvalue weighted by Gasteiger charge is -2.19. The Morgan fingerprint density at radius 2 is 0.374 bits per heavy atom. The zero-order valence-corrected chi connectivity index (χ0v) is 54.6. The van der Waals surface area contributed by atoms with E-state index in [0.29, 0.717) is 102 Å². The highest BCUT2D eigenvalue weighted by Gasteiger charge is 2.25. The molecule has 15 aromatic carbocycles. The molecular formula is C87H60O12. The van der Waals surface area contributed by atoms with Crippen molar-refractivity contribution in [3.05, 3.63) is 288 Å². The van der Waals surface area contributed by atoms with E-state index in [-0.39, 0.29) is 17.3 Å². The molecule has 480 valence electrons. The fourth-order valence-corrected chi connectivity index (χ4v) is 13.9. The average molecular weight is 1300 g/mol. The smallest absolute Gasteiger partial charge is 0.193 e. The van der Waals surface area contributed by atoms with Crippen LogP contribution in [0, 0.1) is 0 Å². The normalized spacial score (nSPS) is 12.2. The summed E-state index contributed by atoms with van der Waals surface area (Å²) in [6.07, 6.45) is 0. The summed E-state index contributed by atoms with van der Waals surface area (Å²) in [5.41, 5.74) is 7.88. The van der Waals surface area contributed by atoms with Gasteiger partial charge in [-0.1, -0.05) is 72.8 Å². The number of carbonyl (C=O) groups excluding carboxylic acids is 3. The lowest BCUT2D eigenvalue weighted by atomic mass is 9.90. The van der Waals surface area contributed by atoms with Crippen molar-refractivity contribution in [2.24, 2.45) is 0 Å². The SMILES string of the molecule is COc1ccc2cc3ccc2c1-c1c(OC)ccc2cc(ccc12)C(=O)c1ccc(cc1)Oc1ccc2c(c(OC)ccc2c1)-c1c(OC)ccc2cc(ccc12)C(=O)c1ccc(cc1)Oc1ccc2c(c(OC)ccc2c1)-c1c(OC)ccc2cc(ccc12)C(=O)c1ccc(cc1)O3. The van der Waals surface area contributed by atoms with E-state index in [1.807, 2.05) is 182 Å². The molecule has 0 atom stereocenters. The van der Waals surface area contributed by atoms with Crippen molar-refractivity contribution < 1.29 is 57.0 Å². The summed E-state index contributed by atoms with van der Waals surface area (Å²) < 4.78 is 55.9. The van der Waals surface area contributed by atoms with Gasteiger partial charge in [0.1, 0.15) is 69.0 Å². The maximum Gasteiger partial charge on any atom is 0.193 e. The van der Waals surface area contributed by atoms with Crippen molar-refractivity contribution in [2.45, 2.75) is 0 Å². The third-order valence-corrected chi connectivity index (χ3v) is 18.7. The highest BCUT2D eigenvalue weighted by atomic mass is 16.5. The highest BCUT2D eigenvalue weighted by molar-refractivity contribution is 6.18. The number of ketones is 3. The number of carbonyl (C=O) groups is 3. The molecular weight excluding hydrogens is 1240 g/mol. The summed E-state index contributed by atoms with van der Waals surface area (Å²) >= 11 is 0. The number of benzene rings is 15. The number of hydrogen-bond acceptors (Lipinski definition) is 12. The van der Waals surface area contributed by atoms with Crippen LogP contribution in [-0.2, 0) is 0 Å². The minimum Gasteiger partial charge on any atom is -0.496 e. The van der Waals surface area contributed by atoms with Gasteiger partial charge in [-0.15, -0.1) is 0 Å². The van der Waals surface area contributed by atoms with Gasteiger partial charge >= 0.3 is 0 Å². The van der Waals surface area contributed by atoms with Crippen LogP contribution < -0.4 is 42.6 Å². The summed E-state index contributed by atoms with van der Waals surface area (Å²) in [5.74, 6) is 6.77. The van der Waals surface area contributed by atoms with Crippen LogP contribution in [0.4, 0.5) is 0 Å². The molecule has 0 aromatic heterocycles. The number of hydrogen-bond donors (Lipinski definition) is 0. The van der Waals surface area contributed by atoms with Crippen LogP contribution in [0.1, 0.15) is 47.8 Å². The van der Waals surface area contributed by atoms with E-state index in [1.54, 1.807) is 115 Å². The van der Waals surface area contributed by atoms with Crippen molar-refractivity contribution in [3.63, 3.8) is 0 Å². The lowest BCUT2D eigenvalue weighted by Crippen LogP contribution is -2.02. The summed E-state index contributed by atoms with van der Waals surface area (Å²) in [7, 11) is 9.87. The molecule has 0 saturated carbocycles. The Balaban J connectivity index is 0.784. The zero-order chi connectivity index (χ0) is 67.6. The van der Waals surface area contributed by atoms with E-state index in [9.17, 15) is 14.4 Å². The third kappa shape index (κ3) is 10.8. The molecule has 0 spiro atoms. The molecule has 19 aliphatic heterocycles. The molecule has 30 bridgehead atoms. The van der Waals surface area contributed by atoms with Crippen LogP contribution >= 0.6 is 0 Å². The van der Waals surface area contributed by atoms with Crippen LogP contribution in [0.25, 0.3) is 98.0 Å². The molecule has 0 radical (unpaired) electrons. The van der Waals surface area contributed by atoms with Crippen molar-refractivity contribution in [3.8, 4) is 102 Å². The number of methoxy groups -OCH3 is 6. The molecule has 12 nitrogen and oxygen atoms in total. The van der Waals surface area contributed by atoms with Gasteiger partial charge in [0.25, 0.3) is 0 Å². The van der Waals surface area contributed by atoms with Crippen LogP contribution in [0.3, 0.4) is 0 Å². The maximum atomic E-state index is 14.4. The van der Waals surface area contributed by atoms with E-state index in [1.165, 1.54) is 0 Å². The van der Waals surface area contributed by atoms with Crippen molar-refractivity contribution in [1.29, 1.82) is 0 Å². The van der Waals surface area contributed by atoms with Gasteiger partial charge in [0.05, 0.1) is 42.7 Å². The fraction of sp³-hybridized carbons (Fsp3) is 0.0690. The summed E-state index contributed by atoms with van der Waals surface area (Å²) in [6.45, 7) is 0. The van der Waals surface area contributed by atoms with Crippen molar-refractivity contribution in [1.82, 2.24) is 0 Å². The predicted octanol–water partition coefficient (Wildman–Crippen LogP) is 21.0. The van der Waals surface area contributed by atoms with Gasteiger partial charge < -0.3 is 42.6 Å². The first-order chi connectivity index (χ1) is 48.5. The van der Waals surface area contributed by atoms with Gasteiger partial charge in [0, 0.05) is 66.8 Å². The van der Waals surface area contributed by atoms with Crippen LogP contribution in [0.5, 0.6) is 69.0 Å². The highest BCUT2D eigenvalue weighted by Crippen LogP contribution is 2.50. The summed E-state index contributed by atoms with van der Waals surface area (Å²) in [6, 6.07) is 79.6. The Hall–Kier alpha value is -12.9. The fourth-order valence-electron chi connectivity index (χ4n) is 13.9. The number of rotatable bonds is 6. The molecule has 12 heteroatoms. The first-order valence-electron chi connectivity index (χ1n) is 32.1. The molecule has 0 unspecified atom stereocenters. The van der Waals surface area contributed by atoms with Crippen LogP contribution in [-0.4, -0.2) is 60.0 Å². The van der Waals surface area contributed by atoms with Crippen molar-refractivity contribution in [2.75, 3.05) is 42.7 Å². The van der Waals surface area contributed by atoms with E-state index >= 15 is 0 Å². The molecule has 19 aliphatic rings. The van der Waals surface area contributed by atoms with Crippen molar-refractivity contribution >= 4 is 82.0 Å². The zero-order valence-electron chi connectivity index (χ0n) is 54.6. The average Bonchev–Trinajstić information content (AvgIpc) is 0.759. The molecule has 99 heavy (non-hydrogen) atoms. The Morgan fingerprint density at radius 3 is 0.586 bits per heavy atom. The standard InChI is InChI=1S/C87H60O12/c1-91-73-37-16-52-43-58-13-31-67(52)79(73)82-70-34-28-64(46-55(70)19-40-76(82)94-4)97-61-24-9-50(10-25-61)86(89)59-14-32-68-53(44-59)17-38-74(92-2)80(68)84-72-36-30-66(48-57(72)21-42-78(84)96-6)99-63-26-11-51(12-27-63)87(90)60-15-33-69-54(45-60)18-39-75(93-3)81(69)83-71-35-29-65(47-56(71)20-41-77(83)95-5)98-62-22-7-49(8-23-62)85(58)88/h7-48H,1-6H3. The molecule has 0 saturated heterocycles. The Bertz CT molecular complexity index is 5270. The Kier molecular flexibility index (Phi) is 15.4. The van der Waals surface area contributed by atoms with Gasteiger partial charge in [-0.05, 0) is 247 Å². The maximum absolute atomic E-state index is 14.4. The summed E-state index contributed by atoms with van der Waals surface area (Å²) in [5, 5.41) is 10.4.